The molecule has 114 valence electrons. The smallest absolute Gasteiger partial charge is 0.332 e. The summed E-state index contributed by atoms with van der Waals surface area (Å²) in [6.07, 6.45) is 0.260. The van der Waals surface area contributed by atoms with Gasteiger partial charge in [-0.25, -0.2) is 9.59 Å². The Morgan fingerprint density at radius 2 is 2.10 bits per heavy atom. The van der Waals surface area contributed by atoms with Gasteiger partial charge in [-0.3, -0.25) is 0 Å². The van der Waals surface area contributed by atoms with E-state index in [0.29, 0.717) is 19.0 Å². The summed E-state index contributed by atoms with van der Waals surface area (Å²) in [6.45, 7) is 0.880. The lowest BCUT2D eigenvalue weighted by atomic mass is 9.99. The average Bonchev–Trinajstić information content (AvgIpc) is 2.94. The summed E-state index contributed by atoms with van der Waals surface area (Å²) in [5.41, 5.74) is -1.33. The first-order chi connectivity index (χ1) is 10.1. The van der Waals surface area contributed by atoms with Gasteiger partial charge in [-0.15, -0.1) is 0 Å². The first-order valence-electron chi connectivity index (χ1n) is 6.67. The van der Waals surface area contributed by atoms with Crippen LogP contribution in [-0.4, -0.2) is 49.0 Å². The van der Waals surface area contributed by atoms with Gasteiger partial charge in [0.25, 0.3) is 0 Å². The molecule has 1 aromatic rings. The van der Waals surface area contributed by atoms with Crippen LogP contribution < -0.4 is 15.4 Å². The molecule has 1 unspecified atom stereocenters. The maximum atomic E-state index is 11.7. The molecule has 1 heterocycles. The summed E-state index contributed by atoms with van der Waals surface area (Å²) in [4.78, 5) is 23.0. The van der Waals surface area contributed by atoms with Crippen LogP contribution in [0.4, 0.5) is 4.79 Å². The van der Waals surface area contributed by atoms with Crippen molar-refractivity contribution in [3.05, 3.63) is 30.3 Å². The van der Waals surface area contributed by atoms with Crippen LogP contribution in [0.3, 0.4) is 0 Å². The number of carboxylic acids is 1. The number of para-hydroxylation sites is 1. The number of hydrogen-bond donors (Lipinski definition) is 3. The maximum Gasteiger partial charge on any atom is 0.332 e. The van der Waals surface area contributed by atoms with E-state index in [1.54, 1.807) is 0 Å². The summed E-state index contributed by atoms with van der Waals surface area (Å²) in [6, 6.07) is 8.68. The zero-order chi connectivity index (χ0) is 15.1. The average molecular weight is 294 g/mol. The Balaban J connectivity index is 1.71. The summed E-state index contributed by atoms with van der Waals surface area (Å²) in [5.74, 6) is -0.374. The van der Waals surface area contributed by atoms with Crippen molar-refractivity contribution in [2.75, 3.05) is 26.4 Å². The van der Waals surface area contributed by atoms with Gasteiger partial charge in [-0.05, 0) is 12.1 Å². The number of rotatable bonds is 6. The molecule has 1 saturated heterocycles. The van der Waals surface area contributed by atoms with E-state index < -0.39 is 17.5 Å². The molecule has 2 amide bonds. The van der Waals surface area contributed by atoms with E-state index in [2.05, 4.69) is 10.6 Å². The molecule has 1 aromatic carbocycles. The van der Waals surface area contributed by atoms with Crippen LogP contribution in [0, 0.1) is 0 Å². The monoisotopic (exact) mass is 294 g/mol. The molecular weight excluding hydrogens is 276 g/mol. The van der Waals surface area contributed by atoms with Gasteiger partial charge in [0.2, 0.25) is 0 Å². The first kappa shape index (κ1) is 15.1. The van der Waals surface area contributed by atoms with Gasteiger partial charge in [-0.1, -0.05) is 18.2 Å². The Labute approximate surface area is 122 Å². The summed E-state index contributed by atoms with van der Waals surface area (Å²) in [7, 11) is 0. The molecular formula is C14H18N2O5. The van der Waals surface area contributed by atoms with Crippen molar-refractivity contribution in [1.29, 1.82) is 0 Å². The van der Waals surface area contributed by atoms with Gasteiger partial charge in [0.05, 0.1) is 13.2 Å². The molecule has 1 aliphatic heterocycles. The topological polar surface area (TPSA) is 96.9 Å². The molecule has 0 aromatic heterocycles. The van der Waals surface area contributed by atoms with Crippen LogP contribution in [0.25, 0.3) is 0 Å². The number of carbonyl (C=O) groups is 2. The Kier molecular flexibility index (Phi) is 4.99. The summed E-state index contributed by atoms with van der Waals surface area (Å²) >= 11 is 0. The van der Waals surface area contributed by atoms with Crippen LogP contribution in [0.5, 0.6) is 5.75 Å². The molecule has 0 saturated carbocycles. The molecule has 3 N–H and O–H groups in total. The third-order valence-corrected chi connectivity index (χ3v) is 3.18. The van der Waals surface area contributed by atoms with Gasteiger partial charge in [0.1, 0.15) is 12.4 Å². The number of carbonyl (C=O) groups excluding carboxylic acids is 1. The number of aliphatic carboxylic acids is 1. The van der Waals surface area contributed by atoms with E-state index in [1.807, 2.05) is 30.3 Å². The molecule has 0 aliphatic carbocycles. The molecule has 7 nitrogen and oxygen atoms in total. The molecule has 1 atom stereocenters. The molecule has 0 spiro atoms. The third-order valence-electron chi connectivity index (χ3n) is 3.18. The lowest BCUT2D eigenvalue weighted by molar-refractivity contribution is -0.144. The van der Waals surface area contributed by atoms with E-state index in [9.17, 15) is 14.7 Å². The Morgan fingerprint density at radius 1 is 1.33 bits per heavy atom. The zero-order valence-corrected chi connectivity index (χ0v) is 11.5. The lowest BCUT2D eigenvalue weighted by Gasteiger charge is -2.23. The quantitative estimate of drug-likeness (QED) is 0.668. The Hall–Kier alpha value is -2.28. The highest BCUT2D eigenvalue weighted by Gasteiger charge is 2.43. The Bertz CT molecular complexity index is 485. The van der Waals surface area contributed by atoms with E-state index >= 15 is 0 Å². The molecule has 1 fully saturated rings. The van der Waals surface area contributed by atoms with E-state index in [4.69, 9.17) is 9.47 Å². The van der Waals surface area contributed by atoms with Crippen LogP contribution in [0.2, 0.25) is 0 Å². The van der Waals surface area contributed by atoms with Crippen molar-refractivity contribution in [3.63, 3.8) is 0 Å². The van der Waals surface area contributed by atoms with E-state index in [1.165, 1.54) is 0 Å². The van der Waals surface area contributed by atoms with Gasteiger partial charge >= 0.3 is 12.0 Å². The molecule has 2 rings (SSSR count). The highest BCUT2D eigenvalue weighted by molar-refractivity contribution is 5.86. The molecule has 0 radical (unpaired) electrons. The number of urea groups is 1. The fourth-order valence-corrected chi connectivity index (χ4v) is 2.00. The van der Waals surface area contributed by atoms with Crippen LogP contribution in [0.1, 0.15) is 6.42 Å². The van der Waals surface area contributed by atoms with E-state index in [0.717, 1.165) is 0 Å². The minimum Gasteiger partial charge on any atom is -0.492 e. The lowest BCUT2D eigenvalue weighted by Crippen LogP contribution is -2.58. The molecule has 21 heavy (non-hydrogen) atoms. The molecule has 0 bridgehead atoms. The third kappa shape index (κ3) is 4.09. The predicted octanol–water partition coefficient (Wildman–Crippen LogP) is 0.608. The van der Waals surface area contributed by atoms with Crippen molar-refractivity contribution in [3.8, 4) is 5.75 Å². The molecule has 1 aliphatic rings. The van der Waals surface area contributed by atoms with Crippen LogP contribution in [0.15, 0.2) is 30.3 Å². The summed E-state index contributed by atoms with van der Waals surface area (Å²) in [5, 5.41) is 14.2. The second kappa shape index (κ2) is 6.94. The second-order valence-electron chi connectivity index (χ2n) is 4.73. The van der Waals surface area contributed by atoms with E-state index in [-0.39, 0.29) is 19.6 Å². The van der Waals surface area contributed by atoms with Gasteiger partial charge < -0.3 is 25.2 Å². The van der Waals surface area contributed by atoms with Crippen LogP contribution >= 0.6 is 0 Å². The predicted molar refractivity (Wildman–Crippen MR) is 74.3 cm³/mol. The summed E-state index contributed by atoms with van der Waals surface area (Å²) < 4.78 is 10.5. The fourth-order valence-electron chi connectivity index (χ4n) is 2.00. The minimum absolute atomic E-state index is 0.0176. The second-order valence-corrected chi connectivity index (χ2v) is 4.73. The van der Waals surface area contributed by atoms with Gasteiger partial charge in [-0.2, -0.15) is 0 Å². The Morgan fingerprint density at radius 3 is 2.71 bits per heavy atom. The highest BCUT2D eigenvalue weighted by Crippen LogP contribution is 2.18. The fraction of sp³-hybridized carbons (Fsp3) is 0.429. The van der Waals surface area contributed by atoms with Crippen molar-refractivity contribution in [2.24, 2.45) is 0 Å². The van der Waals surface area contributed by atoms with Crippen molar-refractivity contribution in [2.45, 2.75) is 12.0 Å². The number of hydrogen-bond acceptors (Lipinski definition) is 4. The van der Waals surface area contributed by atoms with Crippen molar-refractivity contribution >= 4 is 12.0 Å². The minimum atomic E-state index is -1.33. The maximum absolute atomic E-state index is 11.7. The van der Waals surface area contributed by atoms with Gasteiger partial charge in [0.15, 0.2) is 5.54 Å². The number of ether oxygens (including phenoxy) is 2. The largest absolute Gasteiger partial charge is 0.492 e. The van der Waals surface area contributed by atoms with Crippen LogP contribution in [-0.2, 0) is 9.53 Å². The number of benzene rings is 1. The number of amides is 2. The number of carboxylic acid groups (broad SMARTS) is 1. The first-order valence-corrected chi connectivity index (χ1v) is 6.67. The standard InChI is InChI=1S/C14H18N2O5/c17-12(18)14(6-8-20-10-14)16-13(19)15-7-9-21-11-4-2-1-3-5-11/h1-5H,6-10H2,(H,17,18)(H2,15,16,19). The highest BCUT2D eigenvalue weighted by atomic mass is 16.5. The zero-order valence-electron chi connectivity index (χ0n) is 11.5. The SMILES string of the molecule is O=C(NCCOc1ccccc1)NC1(C(=O)O)CCOC1. The van der Waals surface area contributed by atoms with Crippen molar-refractivity contribution in [1.82, 2.24) is 10.6 Å². The van der Waals surface area contributed by atoms with Crippen molar-refractivity contribution < 1.29 is 24.2 Å². The molecule has 7 heteroatoms. The van der Waals surface area contributed by atoms with Gasteiger partial charge in [0, 0.05) is 13.0 Å². The normalized spacial score (nSPS) is 20.8. The number of nitrogens with one attached hydrogen (secondary N) is 2.